The predicted molar refractivity (Wildman–Crippen MR) is 102 cm³/mol. The van der Waals surface area contributed by atoms with Crippen LogP contribution in [0.3, 0.4) is 0 Å². The van der Waals surface area contributed by atoms with Crippen LogP contribution in [0.4, 0.5) is 18.9 Å². The Morgan fingerprint density at radius 3 is 2.67 bits per heavy atom. The second kappa shape index (κ2) is 7.25. The normalized spacial score (nSPS) is 11.9. The van der Waals surface area contributed by atoms with Gasteiger partial charge in [-0.15, -0.1) is 5.10 Å². The zero-order valence-corrected chi connectivity index (χ0v) is 15.9. The Hall–Kier alpha value is -3.76. The number of carbonyl (C=O) groups excluding carboxylic acids is 1. The van der Waals surface area contributed by atoms with E-state index in [2.05, 4.69) is 25.7 Å². The van der Waals surface area contributed by atoms with Crippen LogP contribution in [0.2, 0.25) is 0 Å². The SMILES string of the molecule is CC(C)n1ncc2cc(NC(=O)c3cn(-c4ccccc4C(F)(F)F)nn3)cnc21. The molecular weight excluding hydrogens is 399 g/mol. The molecule has 1 aromatic carbocycles. The van der Waals surface area contributed by atoms with E-state index in [1.54, 1.807) is 16.9 Å². The van der Waals surface area contributed by atoms with E-state index in [1.807, 2.05) is 13.8 Å². The molecule has 8 nitrogen and oxygen atoms in total. The molecule has 0 bridgehead atoms. The van der Waals surface area contributed by atoms with Crippen LogP contribution in [-0.4, -0.2) is 35.7 Å². The first-order chi connectivity index (χ1) is 14.2. The average Bonchev–Trinajstić information content (AvgIpc) is 3.34. The number of fused-ring (bicyclic) bond motifs is 1. The summed E-state index contributed by atoms with van der Waals surface area (Å²) in [5, 5.41) is 15.0. The third kappa shape index (κ3) is 3.61. The summed E-state index contributed by atoms with van der Waals surface area (Å²) in [4.78, 5) is 16.8. The molecule has 0 saturated carbocycles. The number of carbonyl (C=O) groups is 1. The van der Waals surface area contributed by atoms with Gasteiger partial charge < -0.3 is 5.32 Å². The topological polar surface area (TPSA) is 90.5 Å². The highest BCUT2D eigenvalue weighted by Crippen LogP contribution is 2.33. The number of alkyl halides is 3. The Labute approximate surface area is 168 Å². The van der Waals surface area contributed by atoms with Crippen molar-refractivity contribution in [2.24, 2.45) is 0 Å². The van der Waals surface area contributed by atoms with Crippen LogP contribution >= 0.6 is 0 Å². The molecule has 11 heteroatoms. The number of nitrogens with zero attached hydrogens (tertiary/aromatic N) is 6. The molecule has 3 aromatic heterocycles. The fourth-order valence-corrected chi connectivity index (χ4v) is 2.98. The average molecular weight is 415 g/mol. The number of aromatic nitrogens is 6. The number of halogens is 3. The number of para-hydroxylation sites is 1. The van der Waals surface area contributed by atoms with Crippen molar-refractivity contribution in [2.75, 3.05) is 5.32 Å². The van der Waals surface area contributed by atoms with Gasteiger partial charge in [0, 0.05) is 11.4 Å². The van der Waals surface area contributed by atoms with Crippen molar-refractivity contribution in [2.45, 2.75) is 26.1 Å². The molecule has 0 unspecified atom stereocenters. The van der Waals surface area contributed by atoms with Gasteiger partial charge in [-0.05, 0) is 32.0 Å². The van der Waals surface area contributed by atoms with Gasteiger partial charge >= 0.3 is 6.18 Å². The van der Waals surface area contributed by atoms with Gasteiger partial charge in [-0.25, -0.2) is 14.3 Å². The van der Waals surface area contributed by atoms with Crippen molar-refractivity contribution in [3.8, 4) is 5.69 Å². The smallest absolute Gasteiger partial charge is 0.319 e. The van der Waals surface area contributed by atoms with Gasteiger partial charge in [0.2, 0.25) is 0 Å². The minimum absolute atomic E-state index is 0.130. The van der Waals surface area contributed by atoms with Gasteiger partial charge in [0.15, 0.2) is 11.3 Å². The highest BCUT2D eigenvalue weighted by Gasteiger charge is 2.34. The second-order valence-corrected chi connectivity index (χ2v) is 6.84. The van der Waals surface area contributed by atoms with Gasteiger partial charge in [-0.2, -0.15) is 18.3 Å². The molecule has 30 heavy (non-hydrogen) atoms. The van der Waals surface area contributed by atoms with Gasteiger partial charge in [-0.1, -0.05) is 17.3 Å². The highest BCUT2D eigenvalue weighted by molar-refractivity contribution is 6.03. The maximum absolute atomic E-state index is 13.2. The molecule has 0 atom stereocenters. The molecular formula is C19H16F3N7O. The first-order valence-electron chi connectivity index (χ1n) is 8.97. The van der Waals surface area contributed by atoms with Crippen LogP contribution in [0.5, 0.6) is 0 Å². The Bertz CT molecular complexity index is 1230. The lowest BCUT2D eigenvalue weighted by Gasteiger charge is -2.11. The van der Waals surface area contributed by atoms with E-state index in [-0.39, 0.29) is 17.4 Å². The summed E-state index contributed by atoms with van der Waals surface area (Å²) < 4.78 is 42.3. The molecule has 0 radical (unpaired) electrons. The van der Waals surface area contributed by atoms with E-state index in [0.29, 0.717) is 11.3 Å². The molecule has 3 heterocycles. The van der Waals surface area contributed by atoms with E-state index in [1.165, 1.54) is 24.4 Å². The third-order valence-corrected chi connectivity index (χ3v) is 4.36. The fourth-order valence-electron chi connectivity index (χ4n) is 2.98. The van der Waals surface area contributed by atoms with Crippen molar-refractivity contribution in [1.29, 1.82) is 0 Å². The Morgan fingerprint density at radius 1 is 1.17 bits per heavy atom. The van der Waals surface area contributed by atoms with Crippen molar-refractivity contribution >= 4 is 22.6 Å². The van der Waals surface area contributed by atoms with Crippen molar-refractivity contribution in [1.82, 2.24) is 29.8 Å². The molecule has 0 aliphatic rings. The van der Waals surface area contributed by atoms with Crippen LogP contribution < -0.4 is 5.32 Å². The lowest BCUT2D eigenvalue weighted by molar-refractivity contribution is -0.137. The number of benzene rings is 1. The first kappa shape index (κ1) is 19.6. The molecule has 1 N–H and O–H groups in total. The van der Waals surface area contributed by atoms with Gasteiger partial charge in [0.1, 0.15) is 0 Å². The van der Waals surface area contributed by atoms with Gasteiger partial charge in [0.25, 0.3) is 5.91 Å². The summed E-state index contributed by atoms with van der Waals surface area (Å²) in [6.07, 6.45) is -0.304. The number of hydrogen-bond acceptors (Lipinski definition) is 5. The number of amides is 1. The van der Waals surface area contributed by atoms with Crippen LogP contribution in [0, 0.1) is 0 Å². The van der Waals surface area contributed by atoms with E-state index in [9.17, 15) is 18.0 Å². The van der Waals surface area contributed by atoms with Crippen molar-refractivity contribution < 1.29 is 18.0 Å². The molecule has 4 rings (SSSR count). The summed E-state index contributed by atoms with van der Waals surface area (Å²) in [6.45, 7) is 3.95. The molecule has 1 amide bonds. The van der Waals surface area contributed by atoms with E-state index >= 15 is 0 Å². The fraction of sp³-hybridized carbons (Fsp3) is 0.211. The minimum atomic E-state index is -4.56. The Balaban J connectivity index is 1.58. The predicted octanol–water partition coefficient (Wildman–Crippen LogP) is 3.86. The molecule has 0 saturated heterocycles. The summed E-state index contributed by atoms with van der Waals surface area (Å²) >= 11 is 0. The molecule has 0 aliphatic carbocycles. The largest absolute Gasteiger partial charge is 0.418 e. The highest BCUT2D eigenvalue weighted by atomic mass is 19.4. The Kier molecular flexibility index (Phi) is 4.72. The first-order valence-corrected chi connectivity index (χ1v) is 8.97. The number of rotatable bonds is 4. The van der Waals surface area contributed by atoms with Crippen LogP contribution in [-0.2, 0) is 6.18 Å². The minimum Gasteiger partial charge on any atom is -0.319 e. The standard InChI is InChI=1S/C19H16F3N7O/c1-11(2)29-17-12(8-24-29)7-13(9-23-17)25-18(30)15-10-28(27-26-15)16-6-4-3-5-14(16)19(20,21)22/h3-11H,1-2H3,(H,25,30). The van der Waals surface area contributed by atoms with Crippen LogP contribution in [0.15, 0.2) is 48.9 Å². The maximum Gasteiger partial charge on any atom is 0.418 e. The monoisotopic (exact) mass is 415 g/mol. The number of nitrogens with one attached hydrogen (secondary N) is 1. The molecule has 4 aromatic rings. The van der Waals surface area contributed by atoms with Crippen molar-refractivity contribution in [3.05, 3.63) is 60.2 Å². The molecule has 0 aliphatic heterocycles. The lowest BCUT2D eigenvalue weighted by atomic mass is 10.1. The van der Waals surface area contributed by atoms with Gasteiger partial charge in [0.05, 0.1) is 35.5 Å². The zero-order chi connectivity index (χ0) is 21.5. The summed E-state index contributed by atoms with van der Waals surface area (Å²) in [6, 6.07) is 6.75. The Morgan fingerprint density at radius 2 is 1.93 bits per heavy atom. The number of hydrogen-bond donors (Lipinski definition) is 1. The number of anilines is 1. The number of pyridine rings is 1. The lowest BCUT2D eigenvalue weighted by Crippen LogP contribution is -2.13. The van der Waals surface area contributed by atoms with Gasteiger partial charge in [-0.3, -0.25) is 4.79 Å². The molecule has 0 spiro atoms. The summed E-state index contributed by atoms with van der Waals surface area (Å²) in [7, 11) is 0. The quantitative estimate of drug-likeness (QED) is 0.547. The van der Waals surface area contributed by atoms with E-state index in [4.69, 9.17) is 0 Å². The van der Waals surface area contributed by atoms with Crippen molar-refractivity contribution in [3.63, 3.8) is 0 Å². The molecule has 0 fully saturated rings. The van der Waals surface area contributed by atoms with E-state index in [0.717, 1.165) is 22.3 Å². The maximum atomic E-state index is 13.2. The summed E-state index contributed by atoms with van der Waals surface area (Å²) in [5.41, 5.74) is -0.150. The third-order valence-electron chi connectivity index (χ3n) is 4.36. The van der Waals surface area contributed by atoms with E-state index < -0.39 is 17.6 Å². The van der Waals surface area contributed by atoms with Crippen LogP contribution in [0.1, 0.15) is 35.9 Å². The zero-order valence-electron chi connectivity index (χ0n) is 15.9. The van der Waals surface area contributed by atoms with Crippen LogP contribution in [0.25, 0.3) is 16.7 Å². The second-order valence-electron chi connectivity index (χ2n) is 6.84. The molecule has 154 valence electrons. The summed E-state index contributed by atoms with van der Waals surface area (Å²) in [5.74, 6) is -0.622.